The van der Waals surface area contributed by atoms with Gasteiger partial charge in [0, 0.05) is 17.3 Å². The van der Waals surface area contributed by atoms with E-state index in [1.54, 1.807) is 16.2 Å². The molecule has 1 N–H and O–H groups in total. The predicted octanol–water partition coefficient (Wildman–Crippen LogP) is 2.57. The maximum atomic E-state index is 12.4. The third-order valence-electron chi connectivity index (χ3n) is 3.69. The van der Waals surface area contributed by atoms with Crippen molar-refractivity contribution in [2.45, 2.75) is 32.7 Å². The molecule has 0 fully saturated rings. The zero-order valence-electron chi connectivity index (χ0n) is 12.4. The summed E-state index contributed by atoms with van der Waals surface area (Å²) in [5.41, 5.74) is 0. The highest BCUT2D eigenvalue weighted by Gasteiger charge is 2.24. The van der Waals surface area contributed by atoms with Crippen LogP contribution in [-0.4, -0.2) is 29.8 Å². The molecule has 1 atom stereocenters. The maximum Gasteiger partial charge on any atom is 0.239 e. The van der Waals surface area contributed by atoms with Crippen molar-refractivity contribution in [3.8, 4) is 0 Å². The van der Waals surface area contributed by atoms with E-state index in [1.165, 1.54) is 0 Å². The summed E-state index contributed by atoms with van der Waals surface area (Å²) in [5.74, 6) is 0.0538. The predicted molar refractivity (Wildman–Crippen MR) is 84.9 cm³/mol. The quantitative estimate of drug-likeness (QED) is 0.821. The molecule has 0 bridgehead atoms. The van der Waals surface area contributed by atoms with Crippen LogP contribution in [0.4, 0.5) is 0 Å². The Kier molecular flexibility index (Phi) is 5.99. The number of hydrogen-bond donors (Lipinski definition) is 1. The molecule has 4 nitrogen and oxygen atoms in total. The number of likely N-dealkylation sites (N-methyl/N-ethyl adjacent to an activating group) is 1. The molecule has 0 radical (unpaired) electrons. The van der Waals surface area contributed by atoms with Crippen molar-refractivity contribution in [2.24, 2.45) is 5.92 Å². The van der Waals surface area contributed by atoms with Crippen LogP contribution in [0.5, 0.6) is 0 Å². The fourth-order valence-electron chi connectivity index (χ4n) is 2.45. The van der Waals surface area contributed by atoms with Crippen molar-refractivity contribution in [1.29, 1.82) is 0 Å². The largest absolute Gasteiger partial charge is 0.350 e. The van der Waals surface area contributed by atoms with Crippen molar-refractivity contribution in [3.63, 3.8) is 0 Å². The van der Waals surface area contributed by atoms with E-state index in [2.05, 4.69) is 17.5 Å². The minimum atomic E-state index is -0.0926. The first-order valence-electron chi connectivity index (χ1n) is 7.43. The highest BCUT2D eigenvalue weighted by molar-refractivity contribution is 7.09. The summed E-state index contributed by atoms with van der Waals surface area (Å²) in [7, 11) is 0. The Morgan fingerprint density at radius 1 is 1.43 bits per heavy atom. The highest BCUT2D eigenvalue weighted by Crippen LogP contribution is 2.20. The Hall–Kier alpha value is -1.62. The molecule has 1 aromatic rings. The first-order chi connectivity index (χ1) is 10.2. The zero-order chi connectivity index (χ0) is 15.1. The summed E-state index contributed by atoms with van der Waals surface area (Å²) in [6, 6.07) is 3.95. The van der Waals surface area contributed by atoms with E-state index in [0.717, 1.165) is 24.1 Å². The van der Waals surface area contributed by atoms with Crippen molar-refractivity contribution in [1.82, 2.24) is 10.2 Å². The molecular formula is C16H22N2O2S. The van der Waals surface area contributed by atoms with Gasteiger partial charge in [-0.2, -0.15) is 0 Å². The van der Waals surface area contributed by atoms with Crippen LogP contribution in [0.15, 0.2) is 29.7 Å². The number of carbonyl (C=O) groups is 2. The Morgan fingerprint density at radius 2 is 2.29 bits per heavy atom. The van der Waals surface area contributed by atoms with E-state index in [1.807, 2.05) is 24.4 Å². The Balaban J connectivity index is 1.81. The molecule has 5 heteroatoms. The monoisotopic (exact) mass is 306 g/mol. The Morgan fingerprint density at radius 3 is 2.90 bits per heavy atom. The van der Waals surface area contributed by atoms with E-state index in [4.69, 9.17) is 0 Å². The van der Waals surface area contributed by atoms with Crippen LogP contribution in [0.1, 0.15) is 31.1 Å². The molecule has 0 saturated heterocycles. The van der Waals surface area contributed by atoms with Gasteiger partial charge in [-0.1, -0.05) is 18.2 Å². The van der Waals surface area contributed by atoms with Crippen molar-refractivity contribution >= 4 is 23.2 Å². The van der Waals surface area contributed by atoms with Gasteiger partial charge in [0.15, 0.2) is 0 Å². The number of nitrogens with one attached hydrogen (secondary N) is 1. The van der Waals surface area contributed by atoms with Crippen LogP contribution < -0.4 is 5.32 Å². The summed E-state index contributed by atoms with van der Waals surface area (Å²) in [5, 5.41) is 4.86. The van der Waals surface area contributed by atoms with Crippen LogP contribution in [-0.2, 0) is 16.1 Å². The normalized spacial score (nSPS) is 17.5. The second-order valence-corrected chi connectivity index (χ2v) is 6.22. The van der Waals surface area contributed by atoms with E-state index in [-0.39, 0.29) is 24.3 Å². The molecule has 2 amide bonds. The molecule has 0 spiro atoms. The van der Waals surface area contributed by atoms with Crippen molar-refractivity contribution in [3.05, 3.63) is 34.5 Å². The molecule has 21 heavy (non-hydrogen) atoms. The van der Waals surface area contributed by atoms with Gasteiger partial charge in [-0.25, -0.2) is 0 Å². The van der Waals surface area contributed by atoms with Crippen LogP contribution in [0.2, 0.25) is 0 Å². The number of rotatable bonds is 6. The van der Waals surface area contributed by atoms with Gasteiger partial charge in [0.1, 0.15) is 0 Å². The standard InChI is InChI=1S/C16H22N2O2S/c1-2-18(16(20)13-7-4-3-5-8-13)12-15(19)17-11-14-9-6-10-21-14/h3-4,6,9-10,13H,2,5,7-8,11-12H2,1H3,(H,17,19). The lowest BCUT2D eigenvalue weighted by Gasteiger charge is -2.26. The summed E-state index contributed by atoms with van der Waals surface area (Å²) in [6.07, 6.45) is 6.83. The number of allylic oxidation sites excluding steroid dienone is 2. The molecule has 0 saturated carbocycles. The number of amides is 2. The summed E-state index contributed by atoms with van der Waals surface area (Å²) in [6.45, 7) is 3.18. The highest BCUT2D eigenvalue weighted by atomic mass is 32.1. The van der Waals surface area contributed by atoms with Crippen LogP contribution in [0.25, 0.3) is 0 Å². The summed E-state index contributed by atoms with van der Waals surface area (Å²) >= 11 is 1.62. The van der Waals surface area contributed by atoms with Crippen LogP contribution in [0.3, 0.4) is 0 Å². The first kappa shape index (κ1) is 15.8. The molecule has 1 heterocycles. The lowest BCUT2D eigenvalue weighted by molar-refractivity contribution is -0.139. The van der Waals surface area contributed by atoms with Crippen molar-refractivity contribution in [2.75, 3.05) is 13.1 Å². The molecular weight excluding hydrogens is 284 g/mol. The minimum absolute atomic E-state index is 0.0417. The van der Waals surface area contributed by atoms with Gasteiger partial charge in [-0.3, -0.25) is 9.59 Å². The fraction of sp³-hybridized carbons (Fsp3) is 0.500. The average molecular weight is 306 g/mol. The van der Waals surface area contributed by atoms with E-state index >= 15 is 0 Å². The number of nitrogens with zero attached hydrogens (tertiary/aromatic N) is 1. The topological polar surface area (TPSA) is 49.4 Å². The smallest absolute Gasteiger partial charge is 0.239 e. The number of thiophene rings is 1. The van der Waals surface area contributed by atoms with Crippen molar-refractivity contribution < 1.29 is 9.59 Å². The molecule has 1 aromatic heterocycles. The van der Waals surface area contributed by atoms with E-state index in [0.29, 0.717) is 13.1 Å². The molecule has 1 aliphatic rings. The first-order valence-corrected chi connectivity index (χ1v) is 8.31. The van der Waals surface area contributed by atoms with E-state index < -0.39 is 0 Å². The minimum Gasteiger partial charge on any atom is -0.350 e. The second kappa shape index (κ2) is 7.98. The molecule has 1 unspecified atom stereocenters. The Bertz CT molecular complexity index is 496. The molecule has 1 aliphatic carbocycles. The van der Waals surface area contributed by atoms with Gasteiger partial charge in [-0.15, -0.1) is 11.3 Å². The summed E-state index contributed by atoms with van der Waals surface area (Å²) < 4.78 is 0. The van der Waals surface area contributed by atoms with Gasteiger partial charge < -0.3 is 10.2 Å². The second-order valence-electron chi connectivity index (χ2n) is 5.19. The third kappa shape index (κ3) is 4.70. The van der Waals surface area contributed by atoms with Crippen LogP contribution >= 0.6 is 11.3 Å². The number of hydrogen-bond acceptors (Lipinski definition) is 3. The maximum absolute atomic E-state index is 12.4. The Labute approximate surface area is 129 Å². The molecule has 0 aliphatic heterocycles. The fourth-order valence-corrected chi connectivity index (χ4v) is 3.09. The average Bonchev–Trinajstić information content (AvgIpc) is 3.04. The van der Waals surface area contributed by atoms with E-state index in [9.17, 15) is 9.59 Å². The lowest BCUT2D eigenvalue weighted by Crippen LogP contribution is -2.43. The lowest BCUT2D eigenvalue weighted by atomic mass is 9.93. The third-order valence-corrected chi connectivity index (χ3v) is 4.56. The molecule has 0 aromatic carbocycles. The molecule has 2 rings (SSSR count). The molecule has 114 valence electrons. The SMILES string of the molecule is CCN(CC(=O)NCc1cccs1)C(=O)C1CC=CCC1. The van der Waals surface area contributed by atoms with Gasteiger partial charge in [-0.05, 0) is 37.6 Å². The van der Waals surface area contributed by atoms with Gasteiger partial charge in [0.2, 0.25) is 11.8 Å². The number of carbonyl (C=O) groups excluding carboxylic acids is 2. The van der Waals surface area contributed by atoms with Gasteiger partial charge >= 0.3 is 0 Å². The zero-order valence-corrected chi connectivity index (χ0v) is 13.2. The summed E-state index contributed by atoms with van der Waals surface area (Å²) in [4.78, 5) is 27.2. The van der Waals surface area contributed by atoms with Gasteiger partial charge in [0.25, 0.3) is 0 Å². The van der Waals surface area contributed by atoms with Gasteiger partial charge in [0.05, 0.1) is 13.1 Å². The van der Waals surface area contributed by atoms with Crippen LogP contribution in [0, 0.1) is 5.92 Å².